The molecule has 0 aromatic heterocycles. The Morgan fingerprint density at radius 1 is 1.09 bits per heavy atom. The minimum atomic E-state index is -0.159. The molecule has 1 aromatic carbocycles. The molecule has 0 heterocycles. The normalized spacial score (nSPS) is 16.2. The third kappa shape index (κ3) is 6.02. The standard InChI is InChI=1S/C18H27N3O2/c1-19-18(23)14-8-7-11-16(12-14)21-17(22)13-20-15-9-5-3-2-4-6-10-15/h7-8,11-12,15,20H,2-6,9-10,13H2,1H3,(H,19,23)(H,21,22). The zero-order valence-electron chi connectivity index (χ0n) is 13.9. The summed E-state index contributed by atoms with van der Waals surface area (Å²) >= 11 is 0. The van der Waals surface area contributed by atoms with Crippen LogP contribution < -0.4 is 16.0 Å². The highest BCUT2D eigenvalue weighted by Crippen LogP contribution is 2.17. The van der Waals surface area contributed by atoms with Gasteiger partial charge in [-0.15, -0.1) is 0 Å². The molecule has 0 atom stereocenters. The molecule has 5 nitrogen and oxygen atoms in total. The van der Waals surface area contributed by atoms with E-state index in [1.54, 1.807) is 31.3 Å². The van der Waals surface area contributed by atoms with Gasteiger partial charge in [0.2, 0.25) is 5.91 Å². The first-order chi connectivity index (χ1) is 11.2. The van der Waals surface area contributed by atoms with Gasteiger partial charge < -0.3 is 16.0 Å². The molecule has 0 unspecified atom stereocenters. The Hall–Kier alpha value is -1.88. The zero-order valence-corrected chi connectivity index (χ0v) is 13.9. The van der Waals surface area contributed by atoms with Crippen LogP contribution in [0.5, 0.6) is 0 Å². The average Bonchev–Trinajstić information content (AvgIpc) is 2.53. The van der Waals surface area contributed by atoms with E-state index in [1.807, 2.05) is 0 Å². The first-order valence-electron chi connectivity index (χ1n) is 8.54. The Kier molecular flexibility index (Phi) is 7.07. The topological polar surface area (TPSA) is 70.2 Å². The van der Waals surface area contributed by atoms with Gasteiger partial charge in [-0.2, -0.15) is 0 Å². The minimum absolute atomic E-state index is 0.0684. The molecule has 126 valence electrons. The lowest BCUT2D eigenvalue weighted by Crippen LogP contribution is -2.36. The van der Waals surface area contributed by atoms with E-state index in [0.29, 0.717) is 23.8 Å². The fourth-order valence-electron chi connectivity index (χ4n) is 2.99. The molecule has 3 N–H and O–H groups in total. The van der Waals surface area contributed by atoms with Gasteiger partial charge in [-0.3, -0.25) is 9.59 Å². The maximum atomic E-state index is 12.1. The second kappa shape index (κ2) is 9.30. The van der Waals surface area contributed by atoms with Crippen molar-refractivity contribution in [1.82, 2.24) is 10.6 Å². The summed E-state index contributed by atoms with van der Waals surface area (Å²) in [6.07, 6.45) is 8.74. The average molecular weight is 317 g/mol. The molecule has 1 aromatic rings. The lowest BCUT2D eigenvalue weighted by molar-refractivity contribution is -0.115. The van der Waals surface area contributed by atoms with Crippen LogP contribution in [0.4, 0.5) is 5.69 Å². The largest absolute Gasteiger partial charge is 0.355 e. The number of hydrogen-bond donors (Lipinski definition) is 3. The maximum Gasteiger partial charge on any atom is 0.251 e. The number of carbonyl (C=O) groups excluding carboxylic acids is 2. The molecule has 0 aliphatic heterocycles. The molecule has 0 spiro atoms. The molecular formula is C18H27N3O2. The first kappa shape index (κ1) is 17.5. The third-order valence-corrected chi connectivity index (χ3v) is 4.29. The number of rotatable bonds is 5. The summed E-state index contributed by atoms with van der Waals surface area (Å²) in [5.41, 5.74) is 1.19. The fraction of sp³-hybridized carbons (Fsp3) is 0.556. The van der Waals surface area contributed by atoms with E-state index >= 15 is 0 Å². The van der Waals surface area contributed by atoms with Crippen LogP contribution in [0.2, 0.25) is 0 Å². The second-order valence-electron chi connectivity index (χ2n) is 6.13. The molecule has 1 aliphatic carbocycles. The Morgan fingerprint density at radius 2 is 1.78 bits per heavy atom. The van der Waals surface area contributed by atoms with Crippen LogP contribution in [-0.2, 0) is 4.79 Å². The van der Waals surface area contributed by atoms with Crippen molar-refractivity contribution in [2.45, 2.75) is 51.0 Å². The molecule has 0 radical (unpaired) electrons. The van der Waals surface area contributed by atoms with E-state index < -0.39 is 0 Å². The number of nitrogens with one attached hydrogen (secondary N) is 3. The van der Waals surface area contributed by atoms with Gasteiger partial charge in [0, 0.05) is 24.3 Å². The highest BCUT2D eigenvalue weighted by molar-refractivity contribution is 5.97. The zero-order chi connectivity index (χ0) is 16.5. The van der Waals surface area contributed by atoms with Crippen molar-refractivity contribution in [2.75, 3.05) is 18.9 Å². The van der Waals surface area contributed by atoms with Crippen LogP contribution in [0.3, 0.4) is 0 Å². The Labute approximate surface area is 138 Å². The number of anilines is 1. The molecule has 1 fully saturated rings. The summed E-state index contributed by atoms with van der Waals surface area (Å²) in [7, 11) is 1.59. The van der Waals surface area contributed by atoms with E-state index in [9.17, 15) is 9.59 Å². The molecule has 1 saturated carbocycles. The molecule has 2 amide bonds. The number of amides is 2. The van der Waals surface area contributed by atoms with Crippen LogP contribution >= 0.6 is 0 Å². The Bertz CT molecular complexity index is 523. The van der Waals surface area contributed by atoms with Crippen molar-refractivity contribution in [2.24, 2.45) is 0 Å². The minimum Gasteiger partial charge on any atom is -0.355 e. The second-order valence-corrected chi connectivity index (χ2v) is 6.13. The van der Waals surface area contributed by atoms with Crippen LogP contribution in [-0.4, -0.2) is 31.4 Å². The molecular weight excluding hydrogens is 290 g/mol. The van der Waals surface area contributed by atoms with E-state index in [1.165, 1.54) is 32.1 Å². The molecule has 2 rings (SSSR count). The third-order valence-electron chi connectivity index (χ3n) is 4.29. The SMILES string of the molecule is CNC(=O)c1cccc(NC(=O)CNC2CCCCCCC2)c1. The van der Waals surface area contributed by atoms with Crippen molar-refractivity contribution in [3.05, 3.63) is 29.8 Å². The van der Waals surface area contributed by atoms with Gasteiger partial charge in [0.1, 0.15) is 0 Å². The lowest BCUT2D eigenvalue weighted by atomic mass is 9.97. The summed E-state index contributed by atoms with van der Waals surface area (Å²) < 4.78 is 0. The van der Waals surface area contributed by atoms with Crippen LogP contribution in [0.15, 0.2) is 24.3 Å². The monoisotopic (exact) mass is 317 g/mol. The Balaban J connectivity index is 1.81. The van der Waals surface area contributed by atoms with Gasteiger partial charge in [-0.05, 0) is 31.0 Å². The van der Waals surface area contributed by atoms with Gasteiger partial charge in [-0.25, -0.2) is 0 Å². The summed E-state index contributed by atoms with van der Waals surface area (Å²) in [4.78, 5) is 23.7. The van der Waals surface area contributed by atoms with Crippen LogP contribution in [0.25, 0.3) is 0 Å². The molecule has 23 heavy (non-hydrogen) atoms. The smallest absolute Gasteiger partial charge is 0.251 e. The summed E-state index contributed by atoms with van der Waals surface area (Å²) in [6, 6.07) is 7.41. The summed E-state index contributed by atoms with van der Waals surface area (Å²) in [6.45, 7) is 0.314. The highest BCUT2D eigenvalue weighted by atomic mass is 16.2. The molecule has 0 bridgehead atoms. The van der Waals surface area contributed by atoms with E-state index in [2.05, 4.69) is 16.0 Å². The van der Waals surface area contributed by atoms with Crippen molar-refractivity contribution < 1.29 is 9.59 Å². The van der Waals surface area contributed by atoms with Gasteiger partial charge >= 0.3 is 0 Å². The van der Waals surface area contributed by atoms with E-state index in [4.69, 9.17) is 0 Å². The summed E-state index contributed by atoms with van der Waals surface area (Å²) in [5, 5.41) is 8.79. The molecule has 1 aliphatic rings. The van der Waals surface area contributed by atoms with Crippen molar-refractivity contribution in [3.8, 4) is 0 Å². The van der Waals surface area contributed by atoms with Crippen LogP contribution in [0, 0.1) is 0 Å². The quantitative estimate of drug-likeness (QED) is 0.782. The van der Waals surface area contributed by atoms with E-state index in [0.717, 1.165) is 12.8 Å². The summed E-state index contributed by atoms with van der Waals surface area (Å²) in [5.74, 6) is -0.227. The number of benzene rings is 1. The first-order valence-corrected chi connectivity index (χ1v) is 8.54. The van der Waals surface area contributed by atoms with E-state index in [-0.39, 0.29) is 11.8 Å². The Morgan fingerprint density at radius 3 is 2.48 bits per heavy atom. The van der Waals surface area contributed by atoms with Crippen LogP contribution in [0.1, 0.15) is 55.3 Å². The van der Waals surface area contributed by atoms with Crippen molar-refractivity contribution in [1.29, 1.82) is 0 Å². The number of carbonyl (C=O) groups is 2. The highest BCUT2D eigenvalue weighted by Gasteiger charge is 2.12. The predicted octanol–water partition coefficient (Wildman–Crippen LogP) is 2.69. The predicted molar refractivity (Wildman–Crippen MR) is 92.6 cm³/mol. The molecule has 5 heteroatoms. The van der Waals surface area contributed by atoms with Crippen molar-refractivity contribution >= 4 is 17.5 Å². The van der Waals surface area contributed by atoms with Crippen molar-refractivity contribution in [3.63, 3.8) is 0 Å². The van der Waals surface area contributed by atoms with Gasteiger partial charge in [0.25, 0.3) is 5.91 Å². The molecule has 0 saturated heterocycles. The lowest BCUT2D eigenvalue weighted by Gasteiger charge is -2.20. The fourth-order valence-corrected chi connectivity index (χ4v) is 2.99. The maximum absolute atomic E-state index is 12.1. The van der Waals surface area contributed by atoms with Gasteiger partial charge in [-0.1, -0.05) is 38.2 Å². The van der Waals surface area contributed by atoms with Gasteiger partial charge in [0.15, 0.2) is 0 Å². The number of hydrogen-bond acceptors (Lipinski definition) is 3. The van der Waals surface area contributed by atoms with Gasteiger partial charge in [0.05, 0.1) is 6.54 Å².